The lowest BCUT2D eigenvalue weighted by molar-refractivity contribution is -0.128. The Morgan fingerprint density at radius 1 is 1.00 bits per heavy atom. The molecule has 28 heavy (non-hydrogen) atoms. The highest BCUT2D eigenvalue weighted by molar-refractivity contribution is 8.00. The first-order valence-corrected chi connectivity index (χ1v) is 8.95. The molecule has 0 saturated carbocycles. The number of hydrogen-bond acceptors (Lipinski definition) is 8. The highest BCUT2D eigenvalue weighted by Gasteiger charge is 2.25. The Labute approximate surface area is 165 Å². The largest absolute Gasteiger partial charge is 0.449 e. The predicted octanol–water partition coefficient (Wildman–Crippen LogP) is 0.0187. The average Bonchev–Trinajstić information content (AvgIpc) is 2.67. The van der Waals surface area contributed by atoms with Crippen LogP contribution in [0.4, 0.5) is 9.59 Å². The zero-order valence-corrected chi connectivity index (χ0v) is 16.5. The van der Waals surface area contributed by atoms with Gasteiger partial charge in [-0.3, -0.25) is 20.2 Å². The van der Waals surface area contributed by atoms with Crippen molar-refractivity contribution in [3.05, 3.63) is 23.9 Å². The molecule has 0 fully saturated rings. The Bertz CT molecular complexity index is 772. The summed E-state index contributed by atoms with van der Waals surface area (Å²) in [6.07, 6.45) is 0.182. The van der Waals surface area contributed by atoms with Gasteiger partial charge in [0.05, 0.1) is 10.8 Å². The molecule has 1 aromatic heterocycles. The van der Waals surface area contributed by atoms with E-state index in [1.54, 1.807) is 0 Å². The molecule has 0 radical (unpaired) electrons. The van der Waals surface area contributed by atoms with Gasteiger partial charge >= 0.3 is 18.0 Å². The number of thioether (sulfide) groups is 1. The molecule has 0 spiro atoms. The number of aromatic nitrogens is 1. The smallest absolute Gasteiger partial charge is 0.341 e. The van der Waals surface area contributed by atoms with Gasteiger partial charge in [0, 0.05) is 20.3 Å². The first-order valence-electron chi connectivity index (χ1n) is 8.07. The van der Waals surface area contributed by atoms with Crippen LogP contribution in [-0.4, -0.2) is 60.3 Å². The number of carbonyl (C=O) groups excluding carboxylic acids is 5. The first kappa shape index (κ1) is 22.9. The highest BCUT2D eigenvalue weighted by atomic mass is 32.2. The molecular formula is C16H21N5O6S. The summed E-state index contributed by atoms with van der Waals surface area (Å²) in [7, 11) is 2.70. The van der Waals surface area contributed by atoms with Gasteiger partial charge in [0.25, 0.3) is 5.91 Å². The van der Waals surface area contributed by atoms with Crippen molar-refractivity contribution >= 4 is 41.6 Å². The quantitative estimate of drug-likeness (QED) is 0.377. The van der Waals surface area contributed by atoms with E-state index in [9.17, 15) is 24.0 Å². The summed E-state index contributed by atoms with van der Waals surface area (Å²) in [6.45, 7) is 2.84. The number of urea groups is 2. The maximum atomic E-state index is 12.4. The second kappa shape index (κ2) is 10.9. The molecule has 152 valence electrons. The van der Waals surface area contributed by atoms with Gasteiger partial charge in [-0.05, 0) is 26.0 Å². The van der Waals surface area contributed by atoms with Crippen LogP contribution in [-0.2, 0) is 14.3 Å². The summed E-state index contributed by atoms with van der Waals surface area (Å²) in [5, 5.41) is 8.02. The maximum Gasteiger partial charge on any atom is 0.341 e. The number of amides is 6. The molecule has 2 atom stereocenters. The summed E-state index contributed by atoms with van der Waals surface area (Å²) in [5.41, 5.74) is 0.0340. The van der Waals surface area contributed by atoms with E-state index in [0.29, 0.717) is 0 Å². The van der Waals surface area contributed by atoms with E-state index >= 15 is 0 Å². The van der Waals surface area contributed by atoms with Gasteiger partial charge in [-0.1, -0.05) is 11.8 Å². The fourth-order valence-electron chi connectivity index (χ4n) is 1.69. The molecule has 0 bridgehead atoms. The summed E-state index contributed by atoms with van der Waals surface area (Å²) >= 11 is 0.940. The van der Waals surface area contributed by atoms with Gasteiger partial charge < -0.3 is 15.4 Å². The molecule has 6 amide bonds. The predicted molar refractivity (Wildman–Crippen MR) is 99.6 cm³/mol. The van der Waals surface area contributed by atoms with E-state index in [-0.39, 0.29) is 10.6 Å². The molecule has 12 heteroatoms. The molecule has 0 saturated heterocycles. The van der Waals surface area contributed by atoms with Crippen molar-refractivity contribution in [3.63, 3.8) is 0 Å². The Balaban J connectivity index is 2.83. The number of pyridine rings is 1. The van der Waals surface area contributed by atoms with Gasteiger partial charge in [-0.15, -0.1) is 0 Å². The third-order valence-corrected chi connectivity index (χ3v) is 4.35. The fourth-order valence-corrected chi connectivity index (χ4v) is 2.59. The zero-order chi connectivity index (χ0) is 21.3. The lowest BCUT2D eigenvalue weighted by Gasteiger charge is -2.15. The maximum absolute atomic E-state index is 12.4. The summed E-state index contributed by atoms with van der Waals surface area (Å²) in [4.78, 5) is 62.6. The topological polar surface area (TPSA) is 156 Å². The molecule has 0 aliphatic carbocycles. The molecule has 0 aliphatic rings. The van der Waals surface area contributed by atoms with Crippen LogP contribution in [0.5, 0.6) is 0 Å². The first-order chi connectivity index (χ1) is 13.2. The van der Waals surface area contributed by atoms with Crippen molar-refractivity contribution in [2.45, 2.75) is 30.2 Å². The van der Waals surface area contributed by atoms with Crippen LogP contribution in [0.3, 0.4) is 0 Å². The summed E-state index contributed by atoms with van der Waals surface area (Å²) in [5.74, 6) is -2.23. The zero-order valence-electron chi connectivity index (χ0n) is 15.7. The molecular weight excluding hydrogens is 390 g/mol. The van der Waals surface area contributed by atoms with Crippen LogP contribution in [0.2, 0.25) is 0 Å². The van der Waals surface area contributed by atoms with Crippen molar-refractivity contribution in [2.24, 2.45) is 0 Å². The van der Waals surface area contributed by atoms with Gasteiger partial charge in [0.2, 0.25) is 5.91 Å². The van der Waals surface area contributed by atoms with Crippen molar-refractivity contribution in [3.8, 4) is 0 Å². The third-order valence-electron chi connectivity index (χ3n) is 3.23. The highest BCUT2D eigenvalue weighted by Crippen LogP contribution is 2.25. The van der Waals surface area contributed by atoms with Crippen LogP contribution in [0, 0.1) is 0 Å². The Kier molecular flexibility index (Phi) is 8.88. The lowest BCUT2D eigenvalue weighted by Crippen LogP contribution is -2.43. The minimum atomic E-state index is -1.24. The molecule has 1 aromatic rings. The number of rotatable bonds is 6. The van der Waals surface area contributed by atoms with Crippen LogP contribution in [0.1, 0.15) is 24.2 Å². The monoisotopic (exact) mass is 411 g/mol. The average molecular weight is 411 g/mol. The minimum absolute atomic E-state index is 0.0340. The molecule has 4 N–H and O–H groups in total. The van der Waals surface area contributed by atoms with Gasteiger partial charge in [-0.2, -0.15) is 0 Å². The van der Waals surface area contributed by atoms with E-state index in [1.807, 2.05) is 5.32 Å². The van der Waals surface area contributed by atoms with E-state index in [0.717, 1.165) is 11.8 Å². The number of nitrogens with zero attached hydrogens (tertiary/aromatic N) is 1. The molecule has 1 rings (SSSR count). The number of nitrogens with one attached hydrogen (secondary N) is 4. The molecule has 0 aromatic carbocycles. The second-order valence-electron chi connectivity index (χ2n) is 5.30. The minimum Gasteiger partial charge on any atom is -0.449 e. The SMILES string of the molecule is CNC(=O)NC(=O)[C@H](C)Sc1ncccc1C(=O)O[C@H](C)C(=O)NC(=O)NC. The van der Waals surface area contributed by atoms with Crippen molar-refractivity contribution in [1.82, 2.24) is 26.3 Å². The normalized spacial score (nSPS) is 12.1. The van der Waals surface area contributed by atoms with Crippen LogP contribution in [0.25, 0.3) is 0 Å². The molecule has 11 nitrogen and oxygen atoms in total. The number of carbonyl (C=O) groups is 5. The van der Waals surface area contributed by atoms with E-state index < -0.39 is 41.2 Å². The number of imide groups is 2. The van der Waals surface area contributed by atoms with Gasteiger partial charge in [0.15, 0.2) is 6.10 Å². The van der Waals surface area contributed by atoms with Crippen LogP contribution < -0.4 is 21.3 Å². The van der Waals surface area contributed by atoms with Crippen molar-refractivity contribution in [2.75, 3.05) is 14.1 Å². The Morgan fingerprint density at radius 2 is 1.57 bits per heavy atom. The van der Waals surface area contributed by atoms with Crippen molar-refractivity contribution in [1.29, 1.82) is 0 Å². The van der Waals surface area contributed by atoms with Crippen molar-refractivity contribution < 1.29 is 28.7 Å². The van der Waals surface area contributed by atoms with Crippen LogP contribution in [0.15, 0.2) is 23.4 Å². The fraction of sp³-hybridized carbons (Fsp3) is 0.375. The van der Waals surface area contributed by atoms with E-state index in [2.05, 4.69) is 20.9 Å². The lowest BCUT2D eigenvalue weighted by atomic mass is 10.3. The standard InChI is InChI=1S/C16H21N5O6S/c1-8(11(22)20-15(25)17-3)27-14(24)10-6-5-7-19-13(10)28-9(2)12(23)21-16(26)18-4/h5-9H,1-4H3,(H2,17,20,22,25)(H2,18,21,23,26)/t8-,9+/m1/s1. The van der Waals surface area contributed by atoms with Gasteiger partial charge in [-0.25, -0.2) is 19.4 Å². The van der Waals surface area contributed by atoms with E-state index in [1.165, 1.54) is 46.3 Å². The molecule has 0 unspecified atom stereocenters. The number of hydrogen-bond donors (Lipinski definition) is 4. The van der Waals surface area contributed by atoms with Crippen LogP contribution >= 0.6 is 11.8 Å². The summed E-state index contributed by atoms with van der Waals surface area (Å²) in [6, 6.07) is 1.52. The molecule has 0 aliphatic heterocycles. The third kappa shape index (κ3) is 6.87. The Hall–Kier alpha value is -3.15. The molecule has 1 heterocycles. The second-order valence-corrected chi connectivity index (χ2v) is 6.63. The number of esters is 1. The van der Waals surface area contributed by atoms with Gasteiger partial charge in [0.1, 0.15) is 5.03 Å². The van der Waals surface area contributed by atoms with E-state index in [4.69, 9.17) is 4.74 Å². The number of ether oxygens (including phenoxy) is 1. The summed E-state index contributed by atoms with van der Waals surface area (Å²) < 4.78 is 5.06. The Morgan fingerprint density at radius 3 is 2.14 bits per heavy atom.